The van der Waals surface area contributed by atoms with Gasteiger partial charge in [-0.1, -0.05) is 122 Å². The van der Waals surface area contributed by atoms with Gasteiger partial charge in [0, 0.05) is 24.2 Å². The molecule has 1 aromatic carbocycles. The Morgan fingerprint density at radius 3 is 1.53 bits per heavy atom. The van der Waals surface area contributed by atoms with Crippen molar-refractivity contribution in [3.05, 3.63) is 33.9 Å². The highest BCUT2D eigenvalue weighted by Gasteiger charge is 2.10. The Morgan fingerprint density at radius 2 is 1.15 bits per heavy atom. The smallest absolute Gasteiger partial charge is 0.269 e. The standard InChI is InChI=1S/C29H50N2O3/c1-3-4-5-6-7-8-9-10-11-12-13-14-15-16-17-18-19-20-21-22-29(32)30-28-24-23-27(31(33)34)25-26(28)2/h23-25H,3-22H2,1-2H3,(H,30,32). The van der Waals surface area contributed by atoms with Crippen LogP contribution in [0.5, 0.6) is 0 Å². The van der Waals surface area contributed by atoms with Gasteiger partial charge in [-0.3, -0.25) is 14.9 Å². The lowest BCUT2D eigenvalue weighted by Gasteiger charge is -2.08. The second-order valence-corrected chi connectivity index (χ2v) is 9.92. The summed E-state index contributed by atoms with van der Waals surface area (Å²) in [6, 6.07) is 4.54. The molecule has 0 bridgehead atoms. The van der Waals surface area contributed by atoms with Gasteiger partial charge in [0.2, 0.25) is 5.91 Å². The van der Waals surface area contributed by atoms with Gasteiger partial charge >= 0.3 is 0 Å². The number of nitrogens with one attached hydrogen (secondary N) is 1. The molecule has 0 aromatic heterocycles. The summed E-state index contributed by atoms with van der Waals surface area (Å²) >= 11 is 0. The van der Waals surface area contributed by atoms with Crippen LogP contribution in [-0.2, 0) is 4.79 Å². The van der Waals surface area contributed by atoms with E-state index in [4.69, 9.17) is 0 Å². The fourth-order valence-corrected chi connectivity index (χ4v) is 4.48. The van der Waals surface area contributed by atoms with Gasteiger partial charge in [-0.05, 0) is 25.0 Å². The number of aryl methyl sites for hydroxylation is 1. The van der Waals surface area contributed by atoms with Crippen molar-refractivity contribution in [3.63, 3.8) is 0 Å². The summed E-state index contributed by atoms with van der Waals surface area (Å²) in [5.41, 5.74) is 1.43. The number of nitro groups is 1. The van der Waals surface area contributed by atoms with E-state index in [9.17, 15) is 14.9 Å². The van der Waals surface area contributed by atoms with Crippen molar-refractivity contribution in [1.82, 2.24) is 0 Å². The van der Waals surface area contributed by atoms with Crippen LogP contribution in [0.25, 0.3) is 0 Å². The van der Waals surface area contributed by atoms with Crippen molar-refractivity contribution >= 4 is 17.3 Å². The maximum Gasteiger partial charge on any atom is 0.269 e. The summed E-state index contributed by atoms with van der Waals surface area (Å²) in [7, 11) is 0. The fraction of sp³-hybridized carbons (Fsp3) is 0.759. The molecule has 5 heteroatoms. The van der Waals surface area contributed by atoms with Crippen LogP contribution in [0, 0.1) is 17.0 Å². The van der Waals surface area contributed by atoms with E-state index in [1.54, 1.807) is 13.0 Å². The second-order valence-electron chi connectivity index (χ2n) is 9.92. The number of hydrogen-bond acceptors (Lipinski definition) is 3. The molecule has 0 unspecified atom stereocenters. The molecule has 0 spiro atoms. The lowest BCUT2D eigenvalue weighted by Crippen LogP contribution is -2.12. The van der Waals surface area contributed by atoms with Gasteiger partial charge in [-0.25, -0.2) is 0 Å². The van der Waals surface area contributed by atoms with Crippen molar-refractivity contribution in [1.29, 1.82) is 0 Å². The number of hydrogen-bond donors (Lipinski definition) is 1. The van der Waals surface area contributed by atoms with Crippen LogP contribution in [0.4, 0.5) is 11.4 Å². The molecule has 0 atom stereocenters. The molecule has 0 aliphatic heterocycles. The number of carbonyl (C=O) groups is 1. The lowest BCUT2D eigenvalue weighted by atomic mass is 10.0. The Morgan fingerprint density at radius 1 is 0.735 bits per heavy atom. The Kier molecular flexibility index (Phi) is 18.1. The minimum absolute atomic E-state index is 0.0103. The molecule has 0 heterocycles. The van der Waals surface area contributed by atoms with E-state index < -0.39 is 4.92 Å². The van der Waals surface area contributed by atoms with Gasteiger partial charge in [0.1, 0.15) is 0 Å². The van der Waals surface area contributed by atoms with Gasteiger partial charge in [-0.15, -0.1) is 0 Å². The molecule has 1 aromatic rings. The minimum Gasteiger partial charge on any atom is -0.326 e. The zero-order valence-electron chi connectivity index (χ0n) is 22.0. The average molecular weight is 475 g/mol. The van der Waals surface area contributed by atoms with E-state index in [0.29, 0.717) is 12.1 Å². The topological polar surface area (TPSA) is 72.2 Å². The summed E-state index contributed by atoms with van der Waals surface area (Å²) in [6.45, 7) is 4.06. The largest absolute Gasteiger partial charge is 0.326 e. The molecule has 0 radical (unpaired) electrons. The monoisotopic (exact) mass is 474 g/mol. The first kappa shape index (κ1) is 30.1. The quantitative estimate of drug-likeness (QED) is 0.103. The Bertz CT molecular complexity index is 675. The van der Waals surface area contributed by atoms with Gasteiger partial charge in [0.15, 0.2) is 0 Å². The summed E-state index contributed by atoms with van der Waals surface area (Å²) in [5, 5.41) is 13.7. The van der Waals surface area contributed by atoms with E-state index in [0.717, 1.165) is 18.4 Å². The van der Waals surface area contributed by atoms with Crippen molar-refractivity contribution < 1.29 is 9.72 Å². The number of amides is 1. The Hall–Kier alpha value is -1.91. The lowest BCUT2D eigenvalue weighted by molar-refractivity contribution is -0.384. The van der Waals surface area contributed by atoms with Crippen molar-refractivity contribution in [2.45, 2.75) is 142 Å². The van der Waals surface area contributed by atoms with Gasteiger partial charge < -0.3 is 5.32 Å². The maximum atomic E-state index is 12.1. The first-order valence-corrected chi connectivity index (χ1v) is 14.1. The van der Waals surface area contributed by atoms with Crippen molar-refractivity contribution in [2.75, 3.05) is 5.32 Å². The molecule has 5 nitrogen and oxygen atoms in total. The molecule has 0 aliphatic carbocycles. The average Bonchev–Trinajstić information content (AvgIpc) is 2.81. The summed E-state index contributed by atoms with van der Waals surface area (Å²) < 4.78 is 0. The van der Waals surface area contributed by atoms with Crippen LogP contribution in [0.1, 0.15) is 141 Å². The first-order chi connectivity index (χ1) is 16.5. The number of benzene rings is 1. The van der Waals surface area contributed by atoms with E-state index in [1.807, 2.05) is 0 Å². The fourth-order valence-electron chi connectivity index (χ4n) is 4.48. The maximum absolute atomic E-state index is 12.1. The van der Waals surface area contributed by atoms with Crippen LogP contribution in [0.3, 0.4) is 0 Å². The third-order valence-corrected chi connectivity index (χ3v) is 6.70. The molecule has 1 N–H and O–H groups in total. The summed E-state index contributed by atoms with van der Waals surface area (Å²) in [5.74, 6) is -0.0103. The van der Waals surface area contributed by atoms with Crippen molar-refractivity contribution in [3.8, 4) is 0 Å². The van der Waals surface area contributed by atoms with Crippen LogP contribution >= 0.6 is 0 Å². The van der Waals surface area contributed by atoms with E-state index >= 15 is 0 Å². The highest BCUT2D eigenvalue weighted by Crippen LogP contribution is 2.21. The molecule has 0 aliphatic rings. The number of nitro benzene ring substituents is 1. The number of rotatable bonds is 22. The summed E-state index contributed by atoms with van der Waals surface area (Å²) in [6.07, 6.45) is 26.0. The molecular weight excluding hydrogens is 424 g/mol. The van der Waals surface area contributed by atoms with Gasteiger partial charge in [-0.2, -0.15) is 0 Å². The van der Waals surface area contributed by atoms with E-state index in [-0.39, 0.29) is 11.6 Å². The molecule has 0 fully saturated rings. The first-order valence-electron chi connectivity index (χ1n) is 14.1. The zero-order valence-corrected chi connectivity index (χ0v) is 22.0. The summed E-state index contributed by atoms with van der Waals surface area (Å²) in [4.78, 5) is 22.5. The predicted octanol–water partition coefficient (Wildman–Crippen LogP) is 9.66. The molecular formula is C29H50N2O3. The Balaban J connectivity index is 1.86. The third kappa shape index (κ3) is 15.8. The van der Waals surface area contributed by atoms with Crippen LogP contribution < -0.4 is 5.32 Å². The van der Waals surface area contributed by atoms with Crippen LogP contribution in [-0.4, -0.2) is 10.8 Å². The predicted molar refractivity (Wildman–Crippen MR) is 144 cm³/mol. The molecule has 0 saturated carbocycles. The highest BCUT2D eigenvalue weighted by molar-refractivity contribution is 5.91. The molecule has 194 valence electrons. The second kappa shape index (κ2) is 20.5. The number of anilines is 1. The molecule has 1 rings (SSSR count). The number of carbonyl (C=O) groups excluding carboxylic acids is 1. The van der Waals surface area contributed by atoms with Gasteiger partial charge in [0.05, 0.1) is 4.92 Å². The van der Waals surface area contributed by atoms with Crippen molar-refractivity contribution in [2.24, 2.45) is 0 Å². The number of nitrogens with zero attached hydrogens (tertiary/aromatic N) is 1. The van der Waals surface area contributed by atoms with E-state index in [2.05, 4.69) is 12.2 Å². The van der Waals surface area contributed by atoms with Crippen LogP contribution in [0.2, 0.25) is 0 Å². The van der Waals surface area contributed by atoms with E-state index in [1.165, 1.54) is 121 Å². The normalized spacial score (nSPS) is 11.0. The van der Waals surface area contributed by atoms with Crippen LogP contribution in [0.15, 0.2) is 18.2 Å². The molecule has 34 heavy (non-hydrogen) atoms. The van der Waals surface area contributed by atoms with Gasteiger partial charge in [0.25, 0.3) is 5.69 Å². The Labute approximate surface area is 208 Å². The SMILES string of the molecule is CCCCCCCCCCCCCCCCCCCCCC(=O)Nc1ccc([N+](=O)[O-])cc1C. The number of non-ortho nitro benzene ring substituents is 1. The molecule has 0 saturated heterocycles. The highest BCUT2D eigenvalue weighted by atomic mass is 16.6. The molecule has 1 amide bonds. The zero-order chi connectivity index (χ0) is 24.9. The number of unbranched alkanes of at least 4 members (excludes halogenated alkanes) is 18. The minimum atomic E-state index is -0.419. The third-order valence-electron chi connectivity index (χ3n) is 6.70.